The van der Waals surface area contributed by atoms with E-state index in [1.165, 1.54) is 0 Å². The highest BCUT2D eigenvalue weighted by Gasteiger charge is 2.13. The molecule has 4 rings (SSSR count). The van der Waals surface area contributed by atoms with Gasteiger partial charge in [-0.15, -0.1) is 0 Å². The summed E-state index contributed by atoms with van der Waals surface area (Å²) in [6.07, 6.45) is 5.63. The van der Waals surface area contributed by atoms with E-state index in [4.69, 9.17) is 0 Å². The number of nitrogens with zero attached hydrogens (tertiary/aromatic N) is 1. The molecule has 0 atom stereocenters. The number of aromatic nitrogens is 3. The number of aromatic amines is 2. The van der Waals surface area contributed by atoms with Crippen molar-refractivity contribution in [2.24, 2.45) is 7.05 Å². The third kappa shape index (κ3) is 1.69. The zero-order valence-electron chi connectivity index (χ0n) is 12.4. The van der Waals surface area contributed by atoms with Crippen molar-refractivity contribution >= 4 is 27.5 Å². The summed E-state index contributed by atoms with van der Waals surface area (Å²) < 4.78 is 1.88. The molecule has 0 unspecified atom stereocenters. The van der Waals surface area contributed by atoms with E-state index in [2.05, 4.69) is 33.5 Å². The molecule has 0 saturated carbocycles. The lowest BCUT2D eigenvalue weighted by molar-refractivity contribution is 0.958. The molecule has 0 fully saturated rings. The number of aryl methyl sites for hydroxylation is 1. The molecular weight excluding hydrogens is 276 g/mol. The Hall–Kier alpha value is -2.95. The van der Waals surface area contributed by atoms with Crippen molar-refractivity contribution in [1.82, 2.24) is 14.5 Å². The summed E-state index contributed by atoms with van der Waals surface area (Å²) in [5.41, 5.74) is 4.89. The Morgan fingerprint density at radius 1 is 1.09 bits per heavy atom. The molecule has 3 heterocycles. The van der Waals surface area contributed by atoms with Crippen molar-refractivity contribution in [3.8, 4) is 11.1 Å². The largest absolute Gasteiger partial charge is 0.388 e. The lowest BCUT2D eigenvalue weighted by Gasteiger charge is -2.07. The highest BCUT2D eigenvalue weighted by molar-refractivity contribution is 6.01. The number of H-pyrrole nitrogens is 2. The average Bonchev–Trinajstić information content (AvgIpc) is 3.11. The number of benzene rings is 1. The van der Waals surface area contributed by atoms with E-state index in [9.17, 15) is 4.79 Å². The van der Waals surface area contributed by atoms with Gasteiger partial charge in [0.05, 0.1) is 0 Å². The Kier molecular flexibility index (Phi) is 2.63. The van der Waals surface area contributed by atoms with Crippen molar-refractivity contribution in [3.05, 3.63) is 53.2 Å². The fourth-order valence-electron chi connectivity index (χ4n) is 3.12. The maximum Gasteiger partial charge on any atom is 0.272 e. The molecule has 0 radical (unpaired) electrons. The van der Waals surface area contributed by atoms with Crippen LogP contribution in [-0.4, -0.2) is 21.6 Å². The second-order valence-electron chi connectivity index (χ2n) is 5.44. The van der Waals surface area contributed by atoms with Gasteiger partial charge in [0.2, 0.25) is 0 Å². The molecule has 0 aliphatic rings. The summed E-state index contributed by atoms with van der Waals surface area (Å²) in [4.78, 5) is 18.0. The molecule has 0 aliphatic heterocycles. The third-order valence-corrected chi connectivity index (χ3v) is 4.15. The molecule has 1 aromatic carbocycles. The summed E-state index contributed by atoms with van der Waals surface area (Å²) in [5, 5.41) is 5.35. The number of anilines is 1. The Bertz CT molecular complexity index is 1050. The van der Waals surface area contributed by atoms with Crippen LogP contribution in [0.1, 0.15) is 0 Å². The van der Waals surface area contributed by atoms with Gasteiger partial charge < -0.3 is 19.9 Å². The molecule has 0 spiro atoms. The molecular formula is C17H16N4O. The Labute approximate surface area is 126 Å². The summed E-state index contributed by atoms with van der Waals surface area (Å²) in [6, 6.07) is 8.24. The summed E-state index contributed by atoms with van der Waals surface area (Å²) in [7, 11) is 3.81. The standard InChI is InChI=1S/C17H16N4O/c1-18-14-7-10(8-15-12(14)4-5-19-15)13-9-21(2)16-11(13)3-6-20-17(16)22/h3-9,18-19H,1-2H3,(H,20,22). The van der Waals surface area contributed by atoms with Crippen LogP contribution in [0.4, 0.5) is 5.69 Å². The number of fused-ring (bicyclic) bond motifs is 2. The normalized spacial score (nSPS) is 11.4. The van der Waals surface area contributed by atoms with Crippen LogP contribution in [0.3, 0.4) is 0 Å². The predicted molar refractivity (Wildman–Crippen MR) is 90.4 cm³/mol. The molecule has 5 heteroatoms. The number of hydrogen-bond donors (Lipinski definition) is 3. The van der Waals surface area contributed by atoms with E-state index in [1.807, 2.05) is 37.1 Å². The van der Waals surface area contributed by atoms with Gasteiger partial charge >= 0.3 is 0 Å². The van der Waals surface area contributed by atoms with Crippen LogP contribution in [0, 0.1) is 0 Å². The van der Waals surface area contributed by atoms with Crippen LogP contribution in [0.5, 0.6) is 0 Å². The predicted octanol–water partition coefficient (Wildman–Crippen LogP) is 3.06. The lowest BCUT2D eigenvalue weighted by atomic mass is 10.0. The minimum atomic E-state index is -0.0685. The van der Waals surface area contributed by atoms with Crippen LogP contribution in [-0.2, 0) is 7.05 Å². The van der Waals surface area contributed by atoms with E-state index in [0.29, 0.717) is 5.52 Å². The average molecular weight is 292 g/mol. The van der Waals surface area contributed by atoms with Gasteiger partial charge in [-0.3, -0.25) is 4.79 Å². The van der Waals surface area contributed by atoms with Gasteiger partial charge in [0.15, 0.2) is 0 Å². The van der Waals surface area contributed by atoms with Crippen molar-refractivity contribution in [1.29, 1.82) is 0 Å². The number of pyridine rings is 1. The highest BCUT2D eigenvalue weighted by Crippen LogP contribution is 2.34. The molecule has 3 N–H and O–H groups in total. The van der Waals surface area contributed by atoms with Crippen LogP contribution in [0.2, 0.25) is 0 Å². The van der Waals surface area contributed by atoms with Gasteiger partial charge in [0.25, 0.3) is 5.56 Å². The molecule has 5 nitrogen and oxygen atoms in total. The first-order chi connectivity index (χ1) is 10.7. The Morgan fingerprint density at radius 3 is 2.68 bits per heavy atom. The Balaban J connectivity index is 2.07. The SMILES string of the molecule is CNc1cc(-c2cn(C)c3c(=O)[nH]ccc23)cc2[nH]ccc12. The molecule has 0 saturated heterocycles. The lowest BCUT2D eigenvalue weighted by Crippen LogP contribution is -2.07. The first-order valence-electron chi connectivity index (χ1n) is 7.15. The summed E-state index contributed by atoms with van der Waals surface area (Å²) in [6.45, 7) is 0. The topological polar surface area (TPSA) is 65.6 Å². The molecule has 0 aliphatic carbocycles. The zero-order valence-corrected chi connectivity index (χ0v) is 12.4. The number of rotatable bonds is 2. The second-order valence-corrected chi connectivity index (χ2v) is 5.44. The van der Waals surface area contributed by atoms with Crippen molar-refractivity contribution in [2.45, 2.75) is 0 Å². The third-order valence-electron chi connectivity index (χ3n) is 4.15. The van der Waals surface area contributed by atoms with Gasteiger partial charge in [-0.05, 0) is 29.8 Å². The van der Waals surface area contributed by atoms with Gasteiger partial charge in [0.1, 0.15) is 5.52 Å². The van der Waals surface area contributed by atoms with Crippen molar-refractivity contribution in [2.75, 3.05) is 12.4 Å². The highest BCUT2D eigenvalue weighted by atomic mass is 16.1. The quantitative estimate of drug-likeness (QED) is 0.531. The zero-order chi connectivity index (χ0) is 15.3. The van der Waals surface area contributed by atoms with Crippen molar-refractivity contribution < 1.29 is 0 Å². The smallest absolute Gasteiger partial charge is 0.272 e. The summed E-state index contributed by atoms with van der Waals surface area (Å²) >= 11 is 0. The fraction of sp³-hybridized carbons (Fsp3) is 0.118. The Morgan fingerprint density at radius 2 is 1.86 bits per heavy atom. The van der Waals surface area contributed by atoms with E-state index >= 15 is 0 Å². The van der Waals surface area contributed by atoms with Gasteiger partial charge in [-0.2, -0.15) is 0 Å². The molecule has 4 aromatic rings. The van der Waals surface area contributed by atoms with Crippen LogP contribution in [0.15, 0.2) is 47.7 Å². The molecule has 22 heavy (non-hydrogen) atoms. The molecule has 3 aromatic heterocycles. The van der Waals surface area contributed by atoms with E-state index in [0.717, 1.165) is 33.1 Å². The fourth-order valence-corrected chi connectivity index (χ4v) is 3.12. The van der Waals surface area contributed by atoms with E-state index < -0.39 is 0 Å². The minimum absolute atomic E-state index is 0.0685. The van der Waals surface area contributed by atoms with Crippen LogP contribution in [0.25, 0.3) is 32.9 Å². The first-order valence-corrected chi connectivity index (χ1v) is 7.15. The number of hydrogen-bond acceptors (Lipinski definition) is 2. The van der Waals surface area contributed by atoms with Gasteiger partial charge in [-0.1, -0.05) is 0 Å². The van der Waals surface area contributed by atoms with Gasteiger partial charge in [-0.25, -0.2) is 0 Å². The number of nitrogens with one attached hydrogen (secondary N) is 3. The molecule has 110 valence electrons. The molecule has 0 amide bonds. The molecule has 0 bridgehead atoms. The van der Waals surface area contributed by atoms with Crippen LogP contribution < -0.4 is 10.9 Å². The monoisotopic (exact) mass is 292 g/mol. The van der Waals surface area contributed by atoms with Gasteiger partial charge in [0, 0.05) is 60.2 Å². The van der Waals surface area contributed by atoms with E-state index in [-0.39, 0.29) is 5.56 Å². The second kappa shape index (κ2) is 4.53. The van der Waals surface area contributed by atoms with Crippen molar-refractivity contribution in [3.63, 3.8) is 0 Å². The van der Waals surface area contributed by atoms with E-state index in [1.54, 1.807) is 6.20 Å². The van der Waals surface area contributed by atoms with Crippen LogP contribution >= 0.6 is 0 Å². The maximum atomic E-state index is 12.0. The minimum Gasteiger partial charge on any atom is -0.388 e. The maximum absolute atomic E-state index is 12.0. The summed E-state index contributed by atoms with van der Waals surface area (Å²) in [5.74, 6) is 0. The first kappa shape index (κ1) is 12.8.